The molecule has 19 heavy (non-hydrogen) atoms. The molecule has 3 aromatic rings. The summed E-state index contributed by atoms with van der Waals surface area (Å²) in [5, 5.41) is 0.671. The molecule has 0 saturated heterocycles. The van der Waals surface area contributed by atoms with Crippen LogP contribution in [0.1, 0.15) is 5.56 Å². The average Bonchev–Trinajstić information content (AvgIpc) is 2.72. The number of aromatic amines is 1. The van der Waals surface area contributed by atoms with Crippen molar-refractivity contribution in [1.29, 1.82) is 0 Å². The van der Waals surface area contributed by atoms with Crippen LogP contribution >= 0.6 is 43.5 Å². The van der Waals surface area contributed by atoms with E-state index in [-0.39, 0.29) is 0 Å². The largest absolute Gasteiger partial charge is 0.338 e. The number of aromatic nitrogens is 2. The molecule has 0 aliphatic heterocycles. The quantitative estimate of drug-likeness (QED) is 0.556. The Balaban J connectivity index is 2.23. The maximum atomic E-state index is 6.26. The lowest BCUT2D eigenvalue weighted by Gasteiger charge is -2.00. The Morgan fingerprint density at radius 3 is 2.63 bits per heavy atom. The molecule has 1 aromatic heterocycles. The van der Waals surface area contributed by atoms with E-state index in [1.165, 1.54) is 0 Å². The van der Waals surface area contributed by atoms with Crippen molar-refractivity contribution >= 4 is 54.5 Å². The number of benzene rings is 2. The lowest BCUT2D eigenvalue weighted by Crippen LogP contribution is -1.82. The van der Waals surface area contributed by atoms with Crippen molar-refractivity contribution in [2.24, 2.45) is 0 Å². The van der Waals surface area contributed by atoms with Crippen LogP contribution in [-0.2, 0) is 0 Å². The van der Waals surface area contributed by atoms with Gasteiger partial charge in [-0.1, -0.05) is 43.5 Å². The molecule has 0 unspecified atom stereocenters. The van der Waals surface area contributed by atoms with Gasteiger partial charge in [-0.15, -0.1) is 0 Å². The highest BCUT2D eigenvalue weighted by molar-refractivity contribution is 9.10. The van der Waals surface area contributed by atoms with Crippen molar-refractivity contribution < 1.29 is 0 Å². The number of H-pyrrole nitrogens is 1. The maximum absolute atomic E-state index is 6.26. The second-order valence-electron chi connectivity index (χ2n) is 4.33. The van der Waals surface area contributed by atoms with Gasteiger partial charge >= 0.3 is 0 Å². The fourth-order valence-corrected chi connectivity index (χ4v) is 3.39. The summed E-state index contributed by atoms with van der Waals surface area (Å²) in [4.78, 5) is 7.95. The van der Waals surface area contributed by atoms with E-state index in [0.29, 0.717) is 5.02 Å². The molecule has 3 rings (SSSR count). The minimum Gasteiger partial charge on any atom is -0.338 e. The molecule has 0 spiro atoms. The lowest BCUT2D eigenvalue weighted by molar-refractivity contribution is 1.33. The smallest absolute Gasteiger partial charge is 0.140 e. The lowest BCUT2D eigenvalue weighted by atomic mass is 10.2. The van der Waals surface area contributed by atoms with Gasteiger partial charge in [-0.25, -0.2) is 4.98 Å². The molecule has 1 N–H and O–H groups in total. The second-order valence-corrected chi connectivity index (χ2v) is 6.57. The molecule has 0 fully saturated rings. The van der Waals surface area contributed by atoms with Crippen LogP contribution in [0.2, 0.25) is 5.02 Å². The summed E-state index contributed by atoms with van der Waals surface area (Å²) in [6.45, 7) is 2.04. The summed E-state index contributed by atoms with van der Waals surface area (Å²) in [6, 6.07) is 9.85. The van der Waals surface area contributed by atoms with Crippen LogP contribution < -0.4 is 0 Å². The number of halogens is 3. The van der Waals surface area contributed by atoms with Gasteiger partial charge in [0.15, 0.2) is 0 Å². The van der Waals surface area contributed by atoms with Crippen molar-refractivity contribution in [1.82, 2.24) is 9.97 Å². The summed E-state index contributed by atoms with van der Waals surface area (Å²) in [6.07, 6.45) is 0. The highest BCUT2D eigenvalue weighted by atomic mass is 79.9. The van der Waals surface area contributed by atoms with E-state index >= 15 is 0 Å². The van der Waals surface area contributed by atoms with Crippen molar-refractivity contribution in [2.45, 2.75) is 6.92 Å². The molecule has 2 aromatic carbocycles. The van der Waals surface area contributed by atoms with E-state index in [0.717, 1.165) is 36.9 Å². The van der Waals surface area contributed by atoms with Gasteiger partial charge in [0, 0.05) is 14.5 Å². The fraction of sp³-hybridized carbons (Fsp3) is 0.0714. The van der Waals surface area contributed by atoms with Crippen molar-refractivity contribution in [3.63, 3.8) is 0 Å². The maximum Gasteiger partial charge on any atom is 0.140 e. The number of aryl methyl sites for hydroxylation is 1. The van der Waals surface area contributed by atoms with Crippen LogP contribution in [0.3, 0.4) is 0 Å². The van der Waals surface area contributed by atoms with Crippen LogP contribution in [0, 0.1) is 6.92 Å². The molecule has 1 heterocycles. The first-order chi connectivity index (χ1) is 9.04. The molecule has 0 atom stereocenters. The predicted molar refractivity (Wildman–Crippen MR) is 86.7 cm³/mol. The van der Waals surface area contributed by atoms with Gasteiger partial charge in [-0.05, 0) is 42.8 Å². The number of nitrogens with one attached hydrogen (secondary N) is 1. The van der Waals surface area contributed by atoms with E-state index in [2.05, 4.69) is 47.9 Å². The molecule has 0 saturated carbocycles. The van der Waals surface area contributed by atoms with E-state index < -0.39 is 0 Å². The SMILES string of the molecule is Cc1cc(Br)cc2[nH]c(-c3ccc(Br)cc3Cl)nc12. The van der Waals surface area contributed by atoms with Crippen LogP contribution in [0.5, 0.6) is 0 Å². The molecule has 96 valence electrons. The average molecular weight is 401 g/mol. The number of fused-ring (bicyclic) bond motifs is 1. The van der Waals surface area contributed by atoms with Gasteiger partial charge in [0.05, 0.1) is 16.1 Å². The van der Waals surface area contributed by atoms with Crippen LogP contribution in [0.4, 0.5) is 0 Å². The number of nitrogens with zero attached hydrogens (tertiary/aromatic N) is 1. The molecule has 0 amide bonds. The van der Waals surface area contributed by atoms with E-state index in [4.69, 9.17) is 11.6 Å². The first-order valence-electron chi connectivity index (χ1n) is 5.66. The minimum absolute atomic E-state index is 0.671. The third kappa shape index (κ3) is 2.45. The Morgan fingerprint density at radius 1 is 1.11 bits per heavy atom. The molecule has 2 nitrogen and oxygen atoms in total. The predicted octanol–water partition coefficient (Wildman–Crippen LogP) is 5.72. The van der Waals surface area contributed by atoms with E-state index in [9.17, 15) is 0 Å². The zero-order valence-electron chi connectivity index (χ0n) is 9.97. The molecule has 0 aliphatic carbocycles. The molecule has 0 radical (unpaired) electrons. The minimum atomic E-state index is 0.671. The Bertz CT molecular complexity index is 780. The fourth-order valence-electron chi connectivity index (χ4n) is 2.06. The van der Waals surface area contributed by atoms with Gasteiger partial charge in [0.25, 0.3) is 0 Å². The number of rotatable bonds is 1. The number of hydrogen-bond acceptors (Lipinski definition) is 1. The molecule has 5 heteroatoms. The van der Waals surface area contributed by atoms with Gasteiger partial charge in [-0.2, -0.15) is 0 Å². The summed E-state index contributed by atoms with van der Waals surface area (Å²) in [7, 11) is 0. The Kier molecular flexibility index (Phi) is 3.41. The highest BCUT2D eigenvalue weighted by Gasteiger charge is 2.11. The first-order valence-corrected chi connectivity index (χ1v) is 7.62. The number of imidazole rings is 1. The number of hydrogen-bond donors (Lipinski definition) is 1. The standard InChI is InChI=1S/C14H9Br2ClN2/c1-7-4-9(16)6-12-13(7)19-14(18-12)10-3-2-8(15)5-11(10)17/h2-6H,1H3,(H,18,19). The van der Waals surface area contributed by atoms with Gasteiger partial charge in [-0.3, -0.25) is 0 Å². The summed E-state index contributed by atoms with van der Waals surface area (Å²) in [5.41, 5.74) is 4.00. The molecular formula is C14H9Br2ClN2. The first kappa shape index (κ1) is 13.2. The summed E-state index contributed by atoms with van der Waals surface area (Å²) in [5.74, 6) is 0.786. The van der Waals surface area contributed by atoms with Gasteiger partial charge in [0.1, 0.15) is 5.82 Å². The normalized spacial score (nSPS) is 11.2. The summed E-state index contributed by atoms with van der Waals surface area (Å²) >= 11 is 13.2. The van der Waals surface area contributed by atoms with Crippen molar-refractivity contribution in [2.75, 3.05) is 0 Å². The highest BCUT2D eigenvalue weighted by Crippen LogP contribution is 2.31. The summed E-state index contributed by atoms with van der Waals surface area (Å²) < 4.78 is 1.99. The van der Waals surface area contributed by atoms with Crippen molar-refractivity contribution in [3.8, 4) is 11.4 Å². The molecule has 0 bridgehead atoms. The Labute approximate surface area is 132 Å². The zero-order valence-corrected chi connectivity index (χ0v) is 13.9. The zero-order chi connectivity index (χ0) is 13.6. The second kappa shape index (κ2) is 4.93. The molecule has 0 aliphatic rings. The van der Waals surface area contributed by atoms with Crippen LogP contribution in [0.25, 0.3) is 22.4 Å². The van der Waals surface area contributed by atoms with Crippen LogP contribution in [-0.4, -0.2) is 9.97 Å². The van der Waals surface area contributed by atoms with Gasteiger partial charge in [0.2, 0.25) is 0 Å². The topological polar surface area (TPSA) is 28.7 Å². The van der Waals surface area contributed by atoms with Crippen molar-refractivity contribution in [3.05, 3.63) is 49.9 Å². The third-order valence-corrected chi connectivity index (χ3v) is 4.19. The Hall–Kier alpha value is -0.840. The Morgan fingerprint density at radius 2 is 1.89 bits per heavy atom. The third-order valence-electron chi connectivity index (χ3n) is 2.93. The van der Waals surface area contributed by atoms with Gasteiger partial charge < -0.3 is 4.98 Å². The van der Waals surface area contributed by atoms with E-state index in [1.54, 1.807) is 0 Å². The van der Waals surface area contributed by atoms with E-state index in [1.807, 2.05) is 31.2 Å². The monoisotopic (exact) mass is 398 g/mol. The van der Waals surface area contributed by atoms with Crippen LogP contribution in [0.15, 0.2) is 39.3 Å². The molecular weight excluding hydrogens is 391 g/mol.